The first-order valence-corrected chi connectivity index (χ1v) is 6.91. The molecular weight excluding hydrogens is 244 g/mol. The molecule has 3 N–H and O–H groups in total. The van der Waals surface area contributed by atoms with Crippen LogP contribution in [-0.2, 0) is 4.74 Å². The number of likely N-dealkylation sites (tertiary alicyclic amines) is 1. The molecule has 0 radical (unpaired) electrons. The van der Waals surface area contributed by atoms with E-state index < -0.39 is 0 Å². The normalized spacial score (nSPS) is 30.2. The predicted octanol–water partition coefficient (Wildman–Crippen LogP) is 1.86. The number of ether oxygens (including phenoxy) is 1. The molecule has 1 aliphatic heterocycles. The van der Waals surface area contributed by atoms with Crippen molar-refractivity contribution in [2.75, 3.05) is 12.3 Å². The molecule has 0 unspecified atom stereocenters. The molecule has 2 fully saturated rings. The fourth-order valence-corrected chi connectivity index (χ4v) is 2.89. The molecule has 0 bridgehead atoms. The molecule has 2 aliphatic rings. The molecule has 0 aromatic carbocycles. The first-order valence-electron chi connectivity index (χ1n) is 6.91. The maximum absolute atomic E-state index is 11.9. The van der Waals surface area contributed by atoms with Crippen LogP contribution in [-0.4, -0.2) is 39.9 Å². The summed E-state index contributed by atoms with van der Waals surface area (Å²) >= 11 is 0. The number of amides is 1. The Bertz CT molecular complexity index is 473. The number of nitrogens with zero attached hydrogens (tertiary/aromatic N) is 2. The van der Waals surface area contributed by atoms with E-state index >= 15 is 0 Å². The van der Waals surface area contributed by atoms with Gasteiger partial charge in [-0.1, -0.05) is 0 Å². The van der Waals surface area contributed by atoms with Gasteiger partial charge in [-0.25, -0.2) is 4.79 Å². The smallest absolute Gasteiger partial charge is 0.410 e. The van der Waals surface area contributed by atoms with E-state index in [1.807, 2.05) is 6.07 Å². The average Bonchev–Trinajstić information content (AvgIpc) is 2.96. The van der Waals surface area contributed by atoms with Gasteiger partial charge in [-0.15, -0.1) is 0 Å². The minimum Gasteiger partial charge on any atom is -0.446 e. The van der Waals surface area contributed by atoms with E-state index in [1.54, 1.807) is 4.90 Å². The summed E-state index contributed by atoms with van der Waals surface area (Å²) in [5, 5.41) is 6.89. The van der Waals surface area contributed by atoms with Crippen molar-refractivity contribution in [3.63, 3.8) is 0 Å². The number of nitrogens with two attached hydrogens (primary N) is 1. The Kier molecular flexibility index (Phi) is 3.08. The van der Waals surface area contributed by atoms with Crippen LogP contribution in [0.2, 0.25) is 0 Å². The minimum atomic E-state index is -0.159. The maximum atomic E-state index is 11.9. The molecule has 1 amide bonds. The fourth-order valence-electron chi connectivity index (χ4n) is 2.89. The van der Waals surface area contributed by atoms with Crippen LogP contribution in [0.1, 0.15) is 44.2 Å². The second kappa shape index (κ2) is 4.75. The van der Waals surface area contributed by atoms with Crippen LogP contribution in [0.5, 0.6) is 0 Å². The van der Waals surface area contributed by atoms with E-state index in [2.05, 4.69) is 17.1 Å². The molecule has 1 aromatic rings. The summed E-state index contributed by atoms with van der Waals surface area (Å²) in [4.78, 5) is 13.7. The summed E-state index contributed by atoms with van der Waals surface area (Å²) in [5.41, 5.74) is 6.66. The van der Waals surface area contributed by atoms with Crippen LogP contribution in [0, 0.1) is 0 Å². The van der Waals surface area contributed by atoms with Crippen LogP contribution in [0.4, 0.5) is 10.6 Å². The summed E-state index contributed by atoms with van der Waals surface area (Å²) < 4.78 is 5.57. The highest BCUT2D eigenvalue weighted by Crippen LogP contribution is 2.36. The van der Waals surface area contributed by atoms with Gasteiger partial charge in [-0.05, 0) is 32.6 Å². The Morgan fingerprint density at radius 2 is 2.37 bits per heavy atom. The zero-order valence-corrected chi connectivity index (χ0v) is 11.1. The molecule has 0 spiro atoms. The molecule has 3 atom stereocenters. The van der Waals surface area contributed by atoms with Gasteiger partial charge in [-0.2, -0.15) is 5.10 Å². The van der Waals surface area contributed by atoms with Crippen molar-refractivity contribution >= 4 is 11.9 Å². The van der Waals surface area contributed by atoms with Crippen molar-refractivity contribution in [3.05, 3.63) is 11.8 Å². The molecule has 1 saturated heterocycles. The Morgan fingerprint density at radius 1 is 1.53 bits per heavy atom. The number of anilines is 1. The first-order chi connectivity index (χ1) is 9.13. The summed E-state index contributed by atoms with van der Waals surface area (Å²) in [7, 11) is 0. The highest BCUT2D eigenvalue weighted by atomic mass is 16.6. The molecule has 3 rings (SSSR count). The Labute approximate surface area is 112 Å². The van der Waals surface area contributed by atoms with Gasteiger partial charge in [0.15, 0.2) is 0 Å². The third-order valence-electron chi connectivity index (χ3n) is 4.26. The van der Waals surface area contributed by atoms with Crippen molar-refractivity contribution in [1.82, 2.24) is 15.1 Å². The first kappa shape index (κ1) is 12.3. The third kappa shape index (κ3) is 2.39. The zero-order valence-electron chi connectivity index (χ0n) is 11.1. The van der Waals surface area contributed by atoms with Gasteiger partial charge in [0.1, 0.15) is 11.9 Å². The number of aromatic nitrogens is 2. The van der Waals surface area contributed by atoms with Gasteiger partial charge in [0.25, 0.3) is 0 Å². The van der Waals surface area contributed by atoms with Gasteiger partial charge < -0.3 is 15.4 Å². The Morgan fingerprint density at radius 3 is 2.95 bits per heavy atom. The van der Waals surface area contributed by atoms with Crippen molar-refractivity contribution in [3.8, 4) is 0 Å². The second-order valence-electron chi connectivity index (χ2n) is 5.59. The lowest BCUT2D eigenvalue weighted by atomic mass is 10.0. The van der Waals surface area contributed by atoms with E-state index in [-0.39, 0.29) is 12.2 Å². The zero-order chi connectivity index (χ0) is 13.4. The van der Waals surface area contributed by atoms with Crippen molar-refractivity contribution < 1.29 is 9.53 Å². The van der Waals surface area contributed by atoms with Crippen molar-refractivity contribution in [2.45, 2.75) is 50.7 Å². The average molecular weight is 264 g/mol. The van der Waals surface area contributed by atoms with E-state index in [9.17, 15) is 4.79 Å². The monoisotopic (exact) mass is 264 g/mol. The van der Waals surface area contributed by atoms with Gasteiger partial charge in [0.2, 0.25) is 0 Å². The largest absolute Gasteiger partial charge is 0.446 e. The molecule has 2 heterocycles. The van der Waals surface area contributed by atoms with Crippen LogP contribution >= 0.6 is 0 Å². The number of rotatable bonds is 2. The lowest BCUT2D eigenvalue weighted by Gasteiger charge is -2.38. The summed E-state index contributed by atoms with van der Waals surface area (Å²) in [5.74, 6) is 0.890. The van der Waals surface area contributed by atoms with Crippen LogP contribution in [0.15, 0.2) is 6.07 Å². The number of hydrogen-bond acceptors (Lipinski definition) is 4. The molecular formula is C13H20N4O2. The second-order valence-corrected chi connectivity index (χ2v) is 5.59. The Balaban J connectivity index is 1.53. The number of hydrogen-bond donors (Lipinski definition) is 2. The SMILES string of the molecule is C[C@H]1CCN1C(=O)O[C@@H]1CC[C@H](c2cc(N)n[nH]2)C1. The molecule has 1 aromatic heterocycles. The standard InChI is InChI=1S/C13H20N4O2/c1-8-4-5-17(8)13(18)19-10-3-2-9(6-10)11-7-12(14)16-15-11/h7-10H,2-6H2,1H3,(H3,14,15,16)/t8-,9-,10+/m0/s1. The van der Waals surface area contributed by atoms with Gasteiger partial charge in [0.05, 0.1) is 0 Å². The molecule has 19 heavy (non-hydrogen) atoms. The highest BCUT2D eigenvalue weighted by molar-refractivity contribution is 5.69. The summed E-state index contributed by atoms with van der Waals surface area (Å²) in [6.45, 7) is 2.88. The molecule has 1 aliphatic carbocycles. The lowest BCUT2D eigenvalue weighted by Crippen LogP contribution is -2.50. The fraction of sp³-hybridized carbons (Fsp3) is 0.692. The maximum Gasteiger partial charge on any atom is 0.410 e. The topological polar surface area (TPSA) is 84.2 Å². The summed E-state index contributed by atoms with van der Waals surface area (Å²) in [6, 6.07) is 2.20. The van der Waals surface area contributed by atoms with Crippen molar-refractivity contribution in [2.24, 2.45) is 0 Å². The Hall–Kier alpha value is -1.72. The van der Waals surface area contributed by atoms with Crippen LogP contribution in [0.25, 0.3) is 0 Å². The van der Waals surface area contributed by atoms with E-state index in [1.165, 1.54) is 0 Å². The molecule has 1 saturated carbocycles. The number of carbonyl (C=O) groups is 1. The third-order valence-corrected chi connectivity index (χ3v) is 4.26. The van der Waals surface area contributed by atoms with Gasteiger partial charge in [0, 0.05) is 30.3 Å². The number of carbonyl (C=O) groups excluding carboxylic acids is 1. The van der Waals surface area contributed by atoms with E-state index in [4.69, 9.17) is 10.5 Å². The summed E-state index contributed by atoms with van der Waals surface area (Å²) in [6.07, 6.45) is 3.72. The van der Waals surface area contributed by atoms with Crippen LogP contribution < -0.4 is 5.73 Å². The number of H-pyrrole nitrogens is 1. The quantitative estimate of drug-likeness (QED) is 0.854. The number of nitrogens with one attached hydrogen (secondary N) is 1. The van der Waals surface area contributed by atoms with Crippen molar-refractivity contribution in [1.29, 1.82) is 0 Å². The van der Waals surface area contributed by atoms with Gasteiger partial charge >= 0.3 is 6.09 Å². The van der Waals surface area contributed by atoms with E-state index in [0.717, 1.165) is 37.9 Å². The molecule has 6 heteroatoms. The number of aromatic amines is 1. The highest BCUT2D eigenvalue weighted by Gasteiger charge is 2.34. The number of nitrogen functional groups attached to an aromatic ring is 1. The van der Waals surface area contributed by atoms with Crippen LogP contribution in [0.3, 0.4) is 0 Å². The van der Waals surface area contributed by atoms with E-state index in [0.29, 0.717) is 17.8 Å². The lowest BCUT2D eigenvalue weighted by molar-refractivity contribution is 0.0281. The predicted molar refractivity (Wildman–Crippen MR) is 70.6 cm³/mol. The molecule has 104 valence electrons. The van der Waals surface area contributed by atoms with Gasteiger partial charge in [-0.3, -0.25) is 5.10 Å². The minimum absolute atomic E-state index is 0.0230. The molecule has 6 nitrogen and oxygen atoms in total.